The Kier molecular flexibility index (Phi) is 5.27. The first-order chi connectivity index (χ1) is 12.0. The van der Waals surface area contributed by atoms with Gasteiger partial charge in [0.1, 0.15) is 17.3 Å². The Morgan fingerprint density at radius 1 is 0.840 bits per heavy atom. The number of hydrogen-bond acceptors (Lipinski definition) is 3. The van der Waals surface area contributed by atoms with Crippen LogP contribution in [0, 0.1) is 5.82 Å². The summed E-state index contributed by atoms with van der Waals surface area (Å²) >= 11 is 5.78. The fourth-order valence-corrected chi connectivity index (χ4v) is 3.59. The van der Waals surface area contributed by atoms with E-state index in [9.17, 15) is 8.96 Å². The van der Waals surface area contributed by atoms with Crippen LogP contribution in [0.2, 0.25) is 5.02 Å². The van der Waals surface area contributed by atoms with Gasteiger partial charge in [-0.2, -0.15) is 0 Å². The molecule has 0 amide bonds. The molecule has 0 unspecified atom stereocenters. The molecule has 0 saturated heterocycles. The van der Waals surface area contributed by atoms with Crippen LogP contribution < -0.4 is 14.1 Å². The second kappa shape index (κ2) is 7.60. The van der Waals surface area contributed by atoms with Gasteiger partial charge in [-0.1, -0.05) is 48.0 Å². The summed E-state index contributed by atoms with van der Waals surface area (Å²) in [6, 6.07) is 21.1. The Bertz CT molecular complexity index is 848. The minimum atomic E-state index is -3.85. The normalized spacial score (nSPS) is 11.0. The highest BCUT2D eigenvalue weighted by Crippen LogP contribution is 2.48. The van der Waals surface area contributed by atoms with E-state index < -0.39 is 13.6 Å². The molecule has 0 heterocycles. The standard InChI is InChI=1S/C18H14ClFNO3P/c19-17-13-14(11-12-18(17)20)21-25(22,23-15-7-3-1-4-8-15)24-16-9-5-2-6-10-16/h1-13H,(H,21,22). The summed E-state index contributed by atoms with van der Waals surface area (Å²) in [5.74, 6) is 0.153. The van der Waals surface area contributed by atoms with Crippen molar-refractivity contribution >= 4 is 25.0 Å². The third-order valence-corrected chi connectivity index (χ3v) is 4.85. The Balaban J connectivity index is 1.90. The van der Waals surface area contributed by atoms with Gasteiger partial charge in [-0.3, -0.25) is 5.09 Å². The first-order valence-corrected chi connectivity index (χ1v) is 9.29. The van der Waals surface area contributed by atoms with E-state index in [2.05, 4.69) is 5.09 Å². The molecule has 3 aromatic carbocycles. The van der Waals surface area contributed by atoms with Crippen molar-refractivity contribution in [3.8, 4) is 11.5 Å². The van der Waals surface area contributed by atoms with Gasteiger partial charge in [0.2, 0.25) is 0 Å². The number of hydrogen-bond donors (Lipinski definition) is 1. The molecule has 0 aromatic heterocycles. The van der Waals surface area contributed by atoms with Crippen molar-refractivity contribution in [1.82, 2.24) is 0 Å². The molecule has 0 atom stereocenters. The number of rotatable bonds is 6. The van der Waals surface area contributed by atoms with E-state index in [4.69, 9.17) is 20.6 Å². The van der Waals surface area contributed by atoms with Gasteiger partial charge in [0, 0.05) is 5.69 Å². The fraction of sp³-hybridized carbons (Fsp3) is 0. The van der Waals surface area contributed by atoms with Gasteiger partial charge in [0.05, 0.1) is 5.02 Å². The monoisotopic (exact) mass is 377 g/mol. The molecule has 0 aliphatic rings. The molecule has 25 heavy (non-hydrogen) atoms. The highest BCUT2D eigenvalue weighted by atomic mass is 35.5. The number of para-hydroxylation sites is 2. The molecule has 0 radical (unpaired) electrons. The van der Waals surface area contributed by atoms with E-state index in [1.807, 2.05) is 12.1 Å². The van der Waals surface area contributed by atoms with Crippen molar-refractivity contribution < 1.29 is 18.0 Å². The molecule has 0 spiro atoms. The predicted molar refractivity (Wildman–Crippen MR) is 96.8 cm³/mol. The molecule has 0 saturated carbocycles. The second-order valence-electron chi connectivity index (χ2n) is 5.05. The van der Waals surface area contributed by atoms with E-state index in [0.717, 1.165) is 0 Å². The van der Waals surface area contributed by atoms with Crippen LogP contribution in [0.5, 0.6) is 11.5 Å². The summed E-state index contributed by atoms with van der Waals surface area (Å²) in [5, 5.41) is 2.58. The fourth-order valence-electron chi connectivity index (χ4n) is 2.03. The van der Waals surface area contributed by atoms with E-state index in [0.29, 0.717) is 17.2 Å². The molecule has 0 fully saturated rings. The van der Waals surface area contributed by atoms with Crippen molar-refractivity contribution in [1.29, 1.82) is 0 Å². The van der Waals surface area contributed by atoms with E-state index in [1.54, 1.807) is 48.5 Å². The Hall–Kier alpha value is -2.49. The van der Waals surface area contributed by atoms with Crippen molar-refractivity contribution in [3.63, 3.8) is 0 Å². The van der Waals surface area contributed by atoms with Crippen LogP contribution in [0.4, 0.5) is 10.1 Å². The molecule has 0 aliphatic heterocycles. The number of halogens is 2. The summed E-state index contributed by atoms with van der Waals surface area (Å²) in [6.45, 7) is 0. The lowest BCUT2D eigenvalue weighted by Crippen LogP contribution is -2.10. The van der Waals surface area contributed by atoms with Crippen LogP contribution in [-0.4, -0.2) is 0 Å². The molecular weight excluding hydrogens is 364 g/mol. The van der Waals surface area contributed by atoms with E-state index in [-0.39, 0.29) is 5.02 Å². The van der Waals surface area contributed by atoms with Crippen molar-refractivity contribution in [3.05, 3.63) is 89.7 Å². The Labute approximate surface area is 149 Å². The maximum atomic E-state index is 13.3. The van der Waals surface area contributed by atoms with Gasteiger partial charge < -0.3 is 9.05 Å². The van der Waals surface area contributed by atoms with Crippen molar-refractivity contribution in [2.45, 2.75) is 0 Å². The van der Waals surface area contributed by atoms with Gasteiger partial charge >= 0.3 is 7.75 Å². The smallest absolute Gasteiger partial charge is 0.400 e. The third-order valence-electron chi connectivity index (χ3n) is 3.12. The number of benzene rings is 3. The van der Waals surface area contributed by atoms with Crippen LogP contribution in [0.3, 0.4) is 0 Å². The highest BCUT2D eigenvalue weighted by molar-refractivity contribution is 7.56. The van der Waals surface area contributed by atoms with Crippen LogP contribution in [-0.2, 0) is 4.57 Å². The molecule has 128 valence electrons. The van der Waals surface area contributed by atoms with Crippen molar-refractivity contribution in [2.75, 3.05) is 5.09 Å². The van der Waals surface area contributed by atoms with Crippen LogP contribution in [0.15, 0.2) is 78.9 Å². The second-order valence-corrected chi connectivity index (χ2v) is 7.04. The predicted octanol–water partition coefficient (Wildman–Crippen LogP) is 6.16. The minimum Gasteiger partial charge on any atom is -0.400 e. The molecule has 7 heteroatoms. The molecule has 1 N–H and O–H groups in total. The molecule has 4 nitrogen and oxygen atoms in total. The summed E-state index contributed by atoms with van der Waals surface area (Å²) in [4.78, 5) is 0. The highest BCUT2D eigenvalue weighted by Gasteiger charge is 2.29. The van der Waals surface area contributed by atoms with Crippen LogP contribution in [0.25, 0.3) is 0 Å². The van der Waals surface area contributed by atoms with Gasteiger partial charge in [-0.25, -0.2) is 8.96 Å². The SMILES string of the molecule is O=P(Nc1ccc(F)c(Cl)c1)(Oc1ccccc1)Oc1ccccc1. The minimum absolute atomic E-state index is 0.101. The average Bonchev–Trinajstić information content (AvgIpc) is 2.60. The Morgan fingerprint density at radius 3 is 1.84 bits per heavy atom. The Morgan fingerprint density at radius 2 is 1.36 bits per heavy atom. The molecule has 3 aromatic rings. The first-order valence-electron chi connectivity index (χ1n) is 7.37. The molecule has 0 bridgehead atoms. The van der Waals surface area contributed by atoms with E-state index in [1.165, 1.54) is 18.2 Å². The number of nitrogens with one attached hydrogen (secondary N) is 1. The van der Waals surface area contributed by atoms with Gasteiger partial charge in [-0.05, 0) is 42.5 Å². The van der Waals surface area contributed by atoms with Crippen LogP contribution in [0.1, 0.15) is 0 Å². The zero-order valence-electron chi connectivity index (χ0n) is 12.9. The zero-order valence-corrected chi connectivity index (χ0v) is 14.6. The van der Waals surface area contributed by atoms with Crippen molar-refractivity contribution in [2.24, 2.45) is 0 Å². The third kappa shape index (κ3) is 4.75. The van der Waals surface area contributed by atoms with E-state index >= 15 is 0 Å². The number of anilines is 1. The largest absolute Gasteiger partial charge is 0.541 e. The zero-order chi connectivity index (χ0) is 17.7. The summed E-state index contributed by atoms with van der Waals surface area (Å²) < 4.78 is 37.7. The van der Waals surface area contributed by atoms with Crippen LogP contribution >= 0.6 is 19.3 Å². The topological polar surface area (TPSA) is 47.6 Å². The maximum absolute atomic E-state index is 13.3. The molecule has 0 aliphatic carbocycles. The lowest BCUT2D eigenvalue weighted by atomic mass is 10.3. The summed E-state index contributed by atoms with van der Waals surface area (Å²) in [6.07, 6.45) is 0. The quantitative estimate of drug-likeness (QED) is 0.523. The summed E-state index contributed by atoms with van der Waals surface area (Å²) in [7, 11) is -3.85. The van der Waals surface area contributed by atoms with Gasteiger partial charge in [-0.15, -0.1) is 0 Å². The van der Waals surface area contributed by atoms with Gasteiger partial charge in [0.15, 0.2) is 0 Å². The molecular formula is C18H14ClFNO3P. The molecule has 3 rings (SSSR count). The average molecular weight is 378 g/mol. The lowest BCUT2D eigenvalue weighted by Gasteiger charge is -2.21. The lowest BCUT2D eigenvalue weighted by molar-refractivity contribution is 0.393. The van der Waals surface area contributed by atoms with Gasteiger partial charge in [0.25, 0.3) is 0 Å². The summed E-state index contributed by atoms with van der Waals surface area (Å²) in [5.41, 5.74) is 0.307. The maximum Gasteiger partial charge on any atom is 0.541 e. The first kappa shape index (κ1) is 17.3.